The molecule has 0 fully saturated rings. The number of hydrogen-bond acceptors (Lipinski definition) is 5. The summed E-state index contributed by atoms with van der Waals surface area (Å²) in [5.41, 5.74) is -0.0985. The normalized spacial score (nSPS) is 11.1. The van der Waals surface area contributed by atoms with E-state index < -0.39 is 11.6 Å². The second-order valence-electron chi connectivity index (χ2n) is 5.85. The molecule has 0 heterocycles. The fourth-order valence-corrected chi connectivity index (χ4v) is 1.48. The Morgan fingerprint density at radius 1 is 1.10 bits per heavy atom. The number of rotatable bonds is 5. The topological polar surface area (TPSA) is 61.8 Å². The van der Waals surface area contributed by atoms with Crippen molar-refractivity contribution in [3.8, 4) is 5.75 Å². The van der Waals surface area contributed by atoms with Crippen LogP contribution in [0.5, 0.6) is 5.75 Å². The third-order valence-corrected chi connectivity index (χ3v) is 2.21. The van der Waals surface area contributed by atoms with E-state index in [1.54, 1.807) is 58.9 Å². The van der Waals surface area contributed by atoms with Gasteiger partial charge in [-0.05, 0) is 58.9 Å². The summed E-state index contributed by atoms with van der Waals surface area (Å²) >= 11 is 0. The molecule has 0 N–H and O–H groups in total. The summed E-state index contributed by atoms with van der Waals surface area (Å²) in [7, 11) is 0. The molecule has 0 aliphatic heterocycles. The molecule has 1 aromatic rings. The predicted octanol–water partition coefficient (Wildman–Crippen LogP) is 2.97. The van der Waals surface area contributed by atoms with Gasteiger partial charge in [-0.1, -0.05) is 0 Å². The van der Waals surface area contributed by atoms with Crippen LogP contribution in [0.25, 0.3) is 0 Å². The molecule has 0 saturated heterocycles. The Morgan fingerprint density at radius 3 is 2.14 bits per heavy atom. The summed E-state index contributed by atoms with van der Waals surface area (Å²) in [5.74, 6) is -0.337. The maximum Gasteiger partial charge on any atom is 0.344 e. The maximum atomic E-state index is 11.7. The molecular weight excluding hydrogens is 272 g/mol. The average Bonchev–Trinajstić information content (AvgIpc) is 2.34. The summed E-state index contributed by atoms with van der Waals surface area (Å²) in [6, 6.07) is 6.41. The van der Waals surface area contributed by atoms with Gasteiger partial charge in [0, 0.05) is 0 Å². The quantitative estimate of drug-likeness (QED) is 0.781. The van der Waals surface area contributed by atoms with Crippen LogP contribution in [-0.4, -0.2) is 30.3 Å². The molecule has 0 bridgehead atoms. The first-order valence-electron chi connectivity index (χ1n) is 6.83. The number of ether oxygens (including phenoxy) is 3. The fraction of sp³-hybridized carbons (Fsp3) is 0.500. The van der Waals surface area contributed by atoms with Crippen LogP contribution in [0.4, 0.5) is 0 Å². The van der Waals surface area contributed by atoms with Crippen LogP contribution in [0.1, 0.15) is 45.0 Å². The molecule has 0 amide bonds. The molecular formula is C16H22O5. The van der Waals surface area contributed by atoms with Crippen LogP contribution < -0.4 is 4.74 Å². The van der Waals surface area contributed by atoms with Gasteiger partial charge in [0.1, 0.15) is 11.4 Å². The Hall–Kier alpha value is -2.04. The number of esters is 2. The molecule has 0 aromatic heterocycles. The first-order chi connectivity index (χ1) is 9.67. The van der Waals surface area contributed by atoms with E-state index in [1.807, 2.05) is 0 Å². The number of carbonyl (C=O) groups is 2. The summed E-state index contributed by atoms with van der Waals surface area (Å²) < 4.78 is 15.5. The lowest BCUT2D eigenvalue weighted by Crippen LogP contribution is -2.27. The Balaban J connectivity index is 2.52. The SMILES string of the molecule is CC(C)OC(=O)c1ccc(OCC(=O)OC(C)(C)C)cc1. The van der Waals surface area contributed by atoms with Crippen molar-refractivity contribution < 1.29 is 23.8 Å². The third-order valence-electron chi connectivity index (χ3n) is 2.21. The largest absolute Gasteiger partial charge is 0.482 e. The molecule has 1 rings (SSSR count). The van der Waals surface area contributed by atoms with Crippen molar-refractivity contribution in [2.75, 3.05) is 6.61 Å². The summed E-state index contributed by atoms with van der Waals surface area (Å²) in [5, 5.41) is 0. The van der Waals surface area contributed by atoms with E-state index in [0.29, 0.717) is 11.3 Å². The highest BCUT2D eigenvalue weighted by Gasteiger charge is 2.16. The molecule has 0 aliphatic carbocycles. The molecule has 0 unspecified atom stereocenters. The van der Waals surface area contributed by atoms with E-state index in [1.165, 1.54) is 0 Å². The first-order valence-corrected chi connectivity index (χ1v) is 6.83. The molecule has 0 saturated carbocycles. The average molecular weight is 294 g/mol. The Labute approximate surface area is 125 Å². The minimum absolute atomic E-state index is 0.166. The number of hydrogen-bond donors (Lipinski definition) is 0. The van der Waals surface area contributed by atoms with Gasteiger partial charge in [-0.3, -0.25) is 0 Å². The van der Waals surface area contributed by atoms with Gasteiger partial charge in [0.05, 0.1) is 11.7 Å². The van der Waals surface area contributed by atoms with E-state index in [4.69, 9.17) is 14.2 Å². The Kier molecular flexibility index (Phi) is 5.76. The monoisotopic (exact) mass is 294 g/mol. The van der Waals surface area contributed by atoms with E-state index in [-0.39, 0.29) is 18.7 Å². The van der Waals surface area contributed by atoms with Crippen molar-refractivity contribution in [3.63, 3.8) is 0 Å². The number of benzene rings is 1. The van der Waals surface area contributed by atoms with Gasteiger partial charge in [-0.15, -0.1) is 0 Å². The lowest BCUT2D eigenvalue weighted by Gasteiger charge is -2.19. The van der Waals surface area contributed by atoms with E-state index in [2.05, 4.69) is 0 Å². The van der Waals surface area contributed by atoms with E-state index in [0.717, 1.165) is 0 Å². The minimum atomic E-state index is -0.537. The summed E-state index contributed by atoms with van der Waals surface area (Å²) in [4.78, 5) is 23.2. The van der Waals surface area contributed by atoms with Crippen molar-refractivity contribution in [1.82, 2.24) is 0 Å². The highest BCUT2D eigenvalue weighted by molar-refractivity contribution is 5.89. The number of carbonyl (C=O) groups excluding carboxylic acids is 2. The van der Waals surface area contributed by atoms with Crippen LogP contribution in [0, 0.1) is 0 Å². The molecule has 21 heavy (non-hydrogen) atoms. The smallest absolute Gasteiger partial charge is 0.344 e. The minimum Gasteiger partial charge on any atom is -0.482 e. The lowest BCUT2D eigenvalue weighted by atomic mass is 10.2. The van der Waals surface area contributed by atoms with Crippen molar-refractivity contribution in [2.45, 2.75) is 46.3 Å². The lowest BCUT2D eigenvalue weighted by molar-refractivity contribution is -0.157. The van der Waals surface area contributed by atoms with Crippen LogP contribution in [0.3, 0.4) is 0 Å². The highest BCUT2D eigenvalue weighted by atomic mass is 16.6. The van der Waals surface area contributed by atoms with E-state index >= 15 is 0 Å². The van der Waals surface area contributed by atoms with Gasteiger partial charge >= 0.3 is 11.9 Å². The summed E-state index contributed by atoms with van der Waals surface area (Å²) in [6.45, 7) is 8.78. The van der Waals surface area contributed by atoms with Crippen molar-refractivity contribution in [3.05, 3.63) is 29.8 Å². The van der Waals surface area contributed by atoms with Crippen LogP contribution in [0.2, 0.25) is 0 Å². The van der Waals surface area contributed by atoms with Gasteiger partial charge < -0.3 is 14.2 Å². The first kappa shape index (κ1) is 17.0. The zero-order valence-electron chi connectivity index (χ0n) is 13.1. The molecule has 5 nitrogen and oxygen atoms in total. The fourth-order valence-electron chi connectivity index (χ4n) is 1.48. The molecule has 0 radical (unpaired) electrons. The van der Waals surface area contributed by atoms with Gasteiger partial charge in [-0.2, -0.15) is 0 Å². The van der Waals surface area contributed by atoms with Crippen LogP contribution in [-0.2, 0) is 14.3 Å². The van der Waals surface area contributed by atoms with Crippen LogP contribution >= 0.6 is 0 Å². The zero-order valence-corrected chi connectivity index (χ0v) is 13.1. The Bertz CT molecular complexity index is 482. The highest BCUT2D eigenvalue weighted by Crippen LogP contribution is 2.14. The van der Waals surface area contributed by atoms with Crippen molar-refractivity contribution in [2.24, 2.45) is 0 Å². The second-order valence-corrected chi connectivity index (χ2v) is 5.85. The molecule has 116 valence electrons. The Morgan fingerprint density at radius 2 is 1.67 bits per heavy atom. The molecule has 1 aromatic carbocycles. The summed E-state index contributed by atoms with van der Waals surface area (Å²) in [6.07, 6.45) is -0.166. The molecule has 0 spiro atoms. The molecule has 0 atom stereocenters. The van der Waals surface area contributed by atoms with Crippen molar-refractivity contribution >= 4 is 11.9 Å². The standard InChI is InChI=1S/C16H22O5/c1-11(2)20-15(18)12-6-8-13(9-7-12)19-10-14(17)21-16(3,4)5/h6-9,11H,10H2,1-5H3. The zero-order chi connectivity index (χ0) is 16.0. The third kappa shape index (κ3) is 6.79. The second kappa shape index (κ2) is 7.11. The van der Waals surface area contributed by atoms with E-state index in [9.17, 15) is 9.59 Å². The predicted molar refractivity (Wildman–Crippen MR) is 78.3 cm³/mol. The molecule has 0 aliphatic rings. The van der Waals surface area contributed by atoms with Gasteiger partial charge in [0.15, 0.2) is 6.61 Å². The maximum absolute atomic E-state index is 11.7. The molecule has 5 heteroatoms. The van der Waals surface area contributed by atoms with Gasteiger partial charge in [-0.25, -0.2) is 9.59 Å². The van der Waals surface area contributed by atoms with Gasteiger partial charge in [0.25, 0.3) is 0 Å². The van der Waals surface area contributed by atoms with Gasteiger partial charge in [0.2, 0.25) is 0 Å². The van der Waals surface area contributed by atoms with Crippen LogP contribution in [0.15, 0.2) is 24.3 Å². The van der Waals surface area contributed by atoms with Crippen molar-refractivity contribution in [1.29, 1.82) is 0 Å².